The van der Waals surface area contributed by atoms with E-state index in [2.05, 4.69) is 17.1 Å². The molecule has 0 aliphatic carbocycles. The van der Waals surface area contributed by atoms with Gasteiger partial charge in [0, 0.05) is 45.3 Å². The van der Waals surface area contributed by atoms with Crippen molar-refractivity contribution in [2.75, 3.05) is 60.8 Å². The number of nitrogens with one attached hydrogen (secondary N) is 1. The number of nitrogens with zero attached hydrogens (tertiary/aromatic N) is 1. The van der Waals surface area contributed by atoms with Crippen LogP contribution >= 0.6 is 0 Å². The summed E-state index contributed by atoms with van der Waals surface area (Å²) >= 11 is 0. The lowest BCUT2D eigenvalue weighted by Gasteiger charge is -2.32. The first-order chi connectivity index (χ1) is 8.72. The molecule has 1 N–H and O–H groups in total. The molecule has 1 aliphatic heterocycles. The molecular weight excluding hydrogens is 232 g/mol. The second kappa shape index (κ2) is 8.82. The van der Waals surface area contributed by atoms with E-state index in [1.165, 1.54) is 0 Å². The maximum atomic E-state index is 5.55. The Morgan fingerprint density at radius 2 is 2.11 bits per heavy atom. The maximum absolute atomic E-state index is 5.55. The van der Waals surface area contributed by atoms with Crippen LogP contribution in [0.5, 0.6) is 0 Å². The minimum atomic E-state index is 0.406. The van der Waals surface area contributed by atoms with Crippen molar-refractivity contribution in [3.8, 4) is 0 Å². The standard InChI is InChI=1S/C13H28N2O3/c1-11(8-17-4)15(5-6-16-3)7-12-9-18-10-13(12)14-2/h11-14H,5-10H2,1-4H3. The van der Waals surface area contributed by atoms with Crippen molar-refractivity contribution >= 4 is 0 Å². The van der Waals surface area contributed by atoms with E-state index in [4.69, 9.17) is 14.2 Å². The van der Waals surface area contributed by atoms with E-state index in [-0.39, 0.29) is 0 Å². The Labute approximate surface area is 111 Å². The van der Waals surface area contributed by atoms with Crippen LogP contribution in [0, 0.1) is 5.92 Å². The number of likely N-dealkylation sites (N-methyl/N-ethyl adjacent to an activating group) is 1. The summed E-state index contributed by atoms with van der Waals surface area (Å²) in [6.07, 6.45) is 0. The SMILES string of the molecule is CNC1COCC1CN(CCOC)C(C)COC. The molecule has 3 atom stereocenters. The highest BCUT2D eigenvalue weighted by atomic mass is 16.5. The average Bonchev–Trinajstić information content (AvgIpc) is 2.81. The fraction of sp³-hybridized carbons (Fsp3) is 1.00. The van der Waals surface area contributed by atoms with Gasteiger partial charge >= 0.3 is 0 Å². The topological polar surface area (TPSA) is 43.0 Å². The molecule has 108 valence electrons. The van der Waals surface area contributed by atoms with Gasteiger partial charge in [0.2, 0.25) is 0 Å². The summed E-state index contributed by atoms with van der Waals surface area (Å²) in [6.45, 7) is 7.33. The van der Waals surface area contributed by atoms with Gasteiger partial charge in [0.1, 0.15) is 0 Å². The molecule has 5 heteroatoms. The molecule has 3 unspecified atom stereocenters. The van der Waals surface area contributed by atoms with Gasteiger partial charge in [-0.25, -0.2) is 0 Å². The first-order valence-electron chi connectivity index (χ1n) is 6.69. The molecule has 1 saturated heterocycles. The minimum absolute atomic E-state index is 0.406. The predicted octanol–water partition coefficient (Wildman–Crippen LogP) is 0.204. The fourth-order valence-electron chi connectivity index (χ4n) is 2.45. The van der Waals surface area contributed by atoms with Gasteiger partial charge in [0.25, 0.3) is 0 Å². The second-order valence-corrected chi connectivity index (χ2v) is 4.98. The number of ether oxygens (including phenoxy) is 3. The van der Waals surface area contributed by atoms with E-state index in [1.54, 1.807) is 14.2 Å². The third kappa shape index (κ3) is 4.82. The summed E-state index contributed by atoms with van der Waals surface area (Å²) < 4.78 is 16.0. The molecule has 1 aliphatic rings. The number of hydrogen-bond donors (Lipinski definition) is 1. The quantitative estimate of drug-likeness (QED) is 0.642. The Kier molecular flexibility index (Phi) is 7.77. The molecule has 0 bridgehead atoms. The first kappa shape index (κ1) is 15.9. The molecule has 1 rings (SSSR count). The van der Waals surface area contributed by atoms with Crippen LogP contribution in [0.15, 0.2) is 0 Å². The zero-order valence-electron chi connectivity index (χ0n) is 12.1. The van der Waals surface area contributed by atoms with E-state index in [9.17, 15) is 0 Å². The number of methoxy groups -OCH3 is 2. The van der Waals surface area contributed by atoms with E-state index in [1.807, 2.05) is 7.05 Å². The molecule has 0 aromatic rings. The first-order valence-corrected chi connectivity index (χ1v) is 6.69. The molecular formula is C13H28N2O3. The summed E-state index contributed by atoms with van der Waals surface area (Å²) in [5, 5.41) is 3.33. The van der Waals surface area contributed by atoms with Crippen molar-refractivity contribution in [2.24, 2.45) is 5.92 Å². The van der Waals surface area contributed by atoms with Crippen molar-refractivity contribution in [2.45, 2.75) is 19.0 Å². The monoisotopic (exact) mass is 260 g/mol. The summed E-state index contributed by atoms with van der Waals surface area (Å²) in [7, 11) is 5.50. The Hall–Kier alpha value is -0.200. The second-order valence-electron chi connectivity index (χ2n) is 4.98. The molecule has 0 aromatic carbocycles. The molecule has 0 saturated carbocycles. The van der Waals surface area contributed by atoms with Crippen molar-refractivity contribution in [1.29, 1.82) is 0 Å². The van der Waals surface area contributed by atoms with Crippen LogP contribution in [-0.2, 0) is 14.2 Å². The molecule has 1 fully saturated rings. The van der Waals surface area contributed by atoms with Crippen LogP contribution < -0.4 is 5.32 Å². The average molecular weight is 260 g/mol. The van der Waals surface area contributed by atoms with Crippen molar-refractivity contribution in [3.63, 3.8) is 0 Å². The highest BCUT2D eigenvalue weighted by Crippen LogP contribution is 2.16. The summed E-state index contributed by atoms with van der Waals surface area (Å²) in [6, 6.07) is 0.869. The molecule has 18 heavy (non-hydrogen) atoms. The Bertz CT molecular complexity index is 216. The third-order valence-corrected chi connectivity index (χ3v) is 3.65. The molecule has 0 amide bonds. The normalized spacial score (nSPS) is 25.8. The molecule has 0 aromatic heterocycles. The van der Waals surface area contributed by atoms with Crippen molar-refractivity contribution < 1.29 is 14.2 Å². The summed E-state index contributed by atoms with van der Waals surface area (Å²) in [5.74, 6) is 0.547. The smallest absolute Gasteiger partial charge is 0.0623 e. The molecule has 5 nitrogen and oxygen atoms in total. The Balaban J connectivity index is 2.48. The van der Waals surface area contributed by atoms with Gasteiger partial charge in [-0.2, -0.15) is 0 Å². The van der Waals surface area contributed by atoms with Gasteiger partial charge in [-0.1, -0.05) is 0 Å². The van der Waals surface area contributed by atoms with E-state index < -0.39 is 0 Å². The minimum Gasteiger partial charge on any atom is -0.383 e. The van der Waals surface area contributed by atoms with Gasteiger partial charge in [0.15, 0.2) is 0 Å². The molecule has 0 radical (unpaired) electrons. The van der Waals surface area contributed by atoms with Gasteiger partial charge in [-0.3, -0.25) is 4.90 Å². The molecule has 1 heterocycles. The maximum Gasteiger partial charge on any atom is 0.0623 e. The van der Waals surface area contributed by atoms with Crippen LogP contribution in [0.1, 0.15) is 6.92 Å². The van der Waals surface area contributed by atoms with E-state index in [0.717, 1.165) is 39.5 Å². The van der Waals surface area contributed by atoms with Crippen molar-refractivity contribution in [3.05, 3.63) is 0 Å². The highest BCUT2D eigenvalue weighted by molar-refractivity contribution is 4.84. The van der Waals surface area contributed by atoms with Gasteiger partial charge < -0.3 is 19.5 Å². The number of hydrogen-bond acceptors (Lipinski definition) is 5. The fourth-order valence-corrected chi connectivity index (χ4v) is 2.45. The van der Waals surface area contributed by atoms with Gasteiger partial charge in [0.05, 0.1) is 26.4 Å². The third-order valence-electron chi connectivity index (χ3n) is 3.65. The van der Waals surface area contributed by atoms with Gasteiger partial charge in [-0.15, -0.1) is 0 Å². The zero-order valence-corrected chi connectivity index (χ0v) is 12.1. The highest BCUT2D eigenvalue weighted by Gasteiger charge is 2.29. The van der Waals surface area contributed by atoms with Crippen LogP contribution in [0.2, 0.25) is 0 Å². The lowest BCUT2D eigenvalue weighted by Crippen LogP contribution is -2.46. The van der Waals surface area contributed by atoms with Crippen molar-refractivity contribution in [1.82, 2.24) is 10.2 Å². The van der Waals surface area contributed by atoms with Crippen LogP contribution in [0.25, 0.3) is 0 Å². The Morgan fingerprint density at radius 3 is 2.72 bits per heavy atom. The summed E-state index contributed by atoms with van der Waals surface area (Å²) in [5.41, 5.74) is 0. The number of rotatable bonds is 9. The van der Waals surface area contributed by atoms with E-state index >= 15 is 0 Å². The lowest BCUT2D eigenvalue weighted by atomic mass is 10.0. The lowest BCUT2D eigenvalue weighted by molar-refractivity contribution is 0.0611. The van der Waals surface area contributed by atoms with Crippen LogP contribution in [-0.4, -0.2) is 77.8 Å². The Morgan fingerprint density at radius 1 is 1.33 bits per heavy atom. The predicted molar refractivity (Wildman–Crippen MR) is 71.9 cm³/mol. The summed E-state index contributed by atoms with van der Waals surface area (Å²) in [4.78, 5) is 2.43. The van der Waals surface area contributed by atoms with E-state index in [0.29, 0.717) is 18.0 Å². The molecule has 0 spiro atoms. The van der Waals surface area contributed by atoms with Crippen LogP contribution in [0.3, 0.4) is 0 Å². The zero-order chi connectivity index (χ0) is 13.4. The van der Waals surface area contributed by atoms with Crippen LogP contribution in [0.4, 0.5) is 0 Å². The van der Waals surface area contributed by atoms with Gasteiger partial charge in [-0.05, 0) is 14.0 Å². The largest absolute Gasteiger partial charge is 0.383 e.